The van der Waals surface area contributed by atoms with E-state index in [-0.39, 0.29) is 25.9 Å². The molecule has 336 valence electrons. The van der Waals surface area contributed by atoms with Gasteiger partial charge in [-0.2, -0.15) is 39.5 Å². The molecule has 0 saturated carbocycles. The van der Waals surface area contributed by atoms with Gasteiger partial charge in [0.2, 0.25) is 0 Å². The number of amides is 3. The van der Waals surface area contributed by atoms with Crippen molar-refractivity contribution in [3.63, 3.8) is 0 Å². The zero-order valence-corrected chi connectivity index (χ0v) is 33.0. The summed E-state index contributed by atoms with van der Waals surface area (Å²) < 4.78 is 118. The third kappa shape index (κ3) is 20.3. The number of nitrogens with zero attached hydrogens (tertiary/aromatic N) is 2. The van der Waals surface area contributed by atoms with Gasteiger partial charge in [0.25, 0.3) is 11.8 Å². The predicted octanol–water partition coefficient (Wildman–Crippen LogP) is 7.61. The Morgan fingerprint density at radius 2 is 1.18 bits per heavy atom. The number of aliphatic hydroxyl groups is 3. The summed E-state index contributed by atoms with van der Waals surface area (Å²) in [6.45, 7) is 10.8. The average molecular weight is 873 g/mol. The standard InChI is InChI=1S/C19H20F3NO4.C11H16F3NO3.C10H13F3O2/c1-2-6-14(19(20,21)22)9-10-16(24)17(25)23-15(12-27-18(23)26)11-13-7-4-3-5-8-13;1-4-5-8(11(12,13)14)6-7-9(16)10(17)15(2)18-3;1-3-4-8(10(11,12)13)5-6-9(15)7(2)14/h2-5,7-9,15-16,24H,1,6,10-12H2;4,6,9,16H,1,5,7H2,2-3H3;3,5,9,15H,1,4,6H2,2H3/b14-9+;8-6+;8-5+/t15-,16+;2*9-/m100/s1. The summed E-state index contributed by atoms with van der Waals surface area (Å²) in [5.74, 6) is -2.34. The molecule has 20 heteroatoms. The van der Waals surface area contributed by atoms with Gasteiger partial charge in [-0.15, -0.1) is 19.7 Å². The summed E-state index contributed by atoms with van der Waals surface area (Å²) >= 11 is 0. The number of Topliss-reactive ketones (excluding diaryl/α,β-unsaturated/α-hetero) is 1. The van der Waals surface area contributed by atoms with Crippen molar-refractivity contribution in [3.8, 4) is 0 Å². The molecule has 1 aromatic rings. The molecule has 0 aliphatic carbocycles. The first-order valence-corrected chi connectivity index (χ1v) is 17.8. The largest absolute Gasteiger partial charge is 0.447 e. The average Bonchev–Trinajstić information content (AvgIpc) is 3.53. The highest BCUT2D eigenvalue weighted by Crippen LogP contribution is 2.31. The van der Waals surface area contributed by atoms with Crippen LogP contribution in [-0.2, 0) is 30.4 Å². The number of alkyl halides is 9. The van der Waals surface area contributed by atoms with Gasteiger partial charge in [0.15, 0.2) is 5.78 Å². The summed E-state index contributed by atoms with van der Waals surface area (Å²) in [6.07, 6.45) is -15.6. The van der Waals surface area contributed by atoms with Crippen LogP contribution in [0.1, 0.15) is 51.0 Å². The molecule has 1 saturated heterocycles. The van der Waals surface area contributed by atoms with Gasteiger partial charge in [-0.25, -0.2) is 14.8 Å². The summed E-state index contributed by atoms with van der Waals surface area (Å²) in [5.41, 5.74) is -1.69. The SMILES string of the molecule is C=CC/C(=C\C[C@H](O)C(=O)N(C)OC)C(F)(F)F.C=CC/C(=C\C[C@H](O)C(=O)N1C(=O)OC[C@H]1Cc1ccccc1)C(F)(F)F.C=CC/C(=C\C[C@H](O)C(C)=O)C(F)(F)F. The molecule has 0 aromatic heterocycles. The summed E-state index contributed by atoms with van der Waals surface area (Å²) in [4.78, 5) is 51.5. The molecule has 1 aliphatic heterocycles. The first-order chi connectivity index (χ1) is 27.8. The number of carbonyl (C=O) groups excluding carboxylic acids is 4. The van der Waals surface area contributed by atoms with Crippen molar-refractivity contribution in [2.75, 3.05) is 20.8 Å². The van der Waals surface area contributed by atoms with Crippen molar-refractivity contribution in [2.45, 2.75) is 94.8 Å². The van der Waals surface area contributed by atoms with E-state index in [0.717, 1.165) is 58.9 Å². The fraction of sp³-hybridized carbons (Fsp3) is 0.450. The van der Waals surface area contributed by atoms with Gasteiger partial charge in [0.05, 0.1) is 13.2 Å². The Morgan fingerprint density at radius 1 is 0.783 bits per heavy atom. The van der Waals surface area contributed by atoms with Crippen molar-refractivity contribution < 1.29 is 83.6 Å². The van der Waals surface area contributed by atoms with Crippen molar-refractivity contribution in [2.24, 2.45) is 0 Å². The van der Waals surface area contributed by atoms with Crippen LogP contribution in [-0.4, -0.2) is 113 Å². The maximum atomic E-state index is 12.9. The lowest BCUT2D eigenvalue weighted by Gasteiger charge is -2.22. The van der Waals surface area contributed by atoms with E-state index in [9.17, 15) is 68.9 Å². The minimum absolute atomic E-state index is 0.0354. The predicted molar refractivity (Wildman–Crippen MR) is 201 cm³/mol. The number of carbonyl (C=O) groups is 4. The Kier molecular flexibility index (Phi) is 24.0. The molecule has 1 fully saturated rings. The van der Waals surface area contributed by atoms with Crippen LogP contribution in [0.2, 0.25) is 0 Å². The fourth-order valence-corrected chi connectivity index (χ4v) is 4.77. The van der Waals surface area contributed by atoms with Crippen LogP contribution in [0.4, 0.5) is 44.3 Å². The Hall–Kier alpha value is -5.05. The second kappa shape index (κ2) is 26.2. The highest BCUT2D eigenvalue weighted by atomic mass is 19.4. The molecule has 1 aliphatic rings. The third-order valence-corrected chi connectivity index (χ3v) is 8.08. The zero-order chi connectivity index (χ0) is 46.4. The molecule has 60 heavy (non-hydrogen) atoms. The molecule has 3 N–H and O–H groups in total. The Morgan fingerprint density at radius 3 is 1.55 bits per heavy atom. The topological polar surface area (TPSA) is 154 Å². The molecule has 0 radical (unpaired) electrons. The molecule has 4 atom stereocenters. The Bertz CT molecular complexity index is 1670. The zero-order valence-electron chi connectivity index (χ0n) is 33.0. The van der Waals surface area contributed by atoms with Gasteiger partial charge in [0, 0.05) is 36.6 Å². The van der Waals surface area contributed by atoms with E-state index in [0.29, 0.717) is 6.42 Å². The van der Waals surface area contributed by atoms with E-state index >= 15 is 0 Å². The monoisotopic (exact) mass is 872 g/mol. The molecule has 0 spiro atoms. The van der Waals surface area contributed by atoms with Crippen molar-refractivity contribution >= 4 is 23.7 Å². The second-order valence-electron chi connectivity index (χ2n) is 12.7. The third-order valence-electron chi connectivity index (χ3n) is 8.08. The normalized spacial score (nSPS) is 16.5. The minimum Gasteiger partial charge on any atom is -0.447 e. The number of hydrogen-bond donors (Lipinski definition) is 3. The number of aliphatic hydroxyl groups excluding tert-OH is 3. The lowest BCUT2D eigenvalue weighted by Crippen LogP contribution is -2.45. The molecular weight excluding hydrogens is 823 g/mol. The molecule has 2 rings (SSSR count). The smallest absolute Gasteiger partial charge is 0.417 e. The number of halogens is 9. The molecule has 11 nitrogen and oxygen atoms in total. The van der Waals surface area contributed by atoms with Gasteiger partial charge in [-0.1, -0.05) is 66.8 Å². The molecule has 1 aromatic carbocycles. The number of ether oxygens (including phenoxy) is 1. The van der Waals surface area contributed by atoms with Crippen LogP contribution < -0.4 is 0 Å². The van der Waals surface area contributed by atoms with Crippen molar-refractivity contribution in [1.82, 2.24) is 9.96 Å². The molecule has 0 unspecified atom stereocenters. The van der Waals surface area contributed by atoms with Crippen molar-refractivity contribution in [3.05, 3.63) is 109 Å². The lowest BCUT2D eigenvalue weighted by molar-refractivity contribution is -0.177. The van der Waals surface area contributed by atoms with E-state index in [4.69, 9.17) is 9.84 Å². The quantitative estimate of drug-likeness (QED) is 0.0769. The maximum absolute atomic E-state index is 12.9. The Labute approximate surface area is 341 Å². The number of benzene rings is 1. The van der Waals surface area contributed by atoms with Gasteiger partial charge in [-0.05, 0) is 44.6 Å². The van der Waals surface area contributed by atoms with E-state index in [1.807, 2.05) is 18.2 Å². The first kappa shape index (κ1) is 55.0. The number of allylic oxidation sites excluding steroid dienone is 6. The van der Waals surface area contributed by atoms with E-state index in [1.165, 1.54) is 14.2 Å². The highest BCUT2D eigenvalue weighted by Gasteiger charge is 2.41. The first-order valence-electron chi connectivity index (χ1n) is 17.8. The minimum atomic E-state index is -4.58. The number of hydrogen-bond acceptors (Lipinski definition) is 9. The number of imide groups is 1. The lowest BCUT2D eigenvalue weighted by atomic mass is 10.0. The van der Waals surface area contributed by atoms with Gasteiger partial charge in [-0.3, -0.25) is 19.2 Å². The number of ketones is 1. The van der Waals surface area contributed by atoms with E-state index < -0.39 is 103 Å². The molecular formula is C40H49F9N2O9. The van der Waals surface area contributed by atoms with Crippen LogP contribution in [0.5, 0.6) is 0 Å². The van der Waals surface area contributed by atoms with Crippen LogP contribution in [0.15, 0.2) is 103 Å². The van der Waals surface area contributed by atoms with Gasteiger partial charge in [0.1, 0.15) is 24.9 Å². The van der Waals surface area contributed by atoms with Crippen molar-refractivity contribution in [1.29, 1.82) is 0 Å². The number of cyclic esters (lactones) is 1. The van der Waals surface area contributed by atoms with Gasteiger partial charge < -0.3 is 20.1 Å². The highest BCUT2D eigenvalue weighted by molar-refractivity contribution is 5.96. The number of hydroxylamine groups is 2. The molecule has 1 heterocycles. The van der Waals surface area contributed by atoms with E-state index in [1.54, 1.807) is 12.1 Å². The number of likely N-dealkylation sites (N-methyl/N-ethyl adjacent to an activating group) is 1. The van der Waals surface area contributed by atoms with Gasteiger partial charge >= 0.3 is 24.6 Å². The molecule has 3 amide bonds. The Balaban J connectivity index is 0.000000923. The van der Waals surface area contributed by atoms with E-state index in [2.05, 4.69) is 24.6 Å². The summed E-state index contributed by atoms with van der Waals surface area (Å²) in [7, 11) is 2.46. The van der Waals surface area contributed by atoms with Crippen LogP contribution in [0, 0.1) is 0 Å². The van der Waals surface area contributed by atoms with Crippen LogP contribution >= 0.6 is 0 Å². The number of rotatable bonds is 18. The maximum Gasteiger partial charge on any atom is 0.417 e. The fourth-order valence-electron chi connectivity index (χ4n) is 4.77. The van der Waals surface area contributed by atoms with Crippen LogP contribution in [0.3, 0.4) is 0 Å². The summed E-state index contributed by atoms with van der Waals surface area (Å²) in [5, 5.41) is 29.2. The van der Waals surface area contributed by atoms with Crippen LogP contribution in [0.25, 0.3) is 0 Å². The summed E-state index contributed by atoms with van der Waals surface area (Å²) in [6, 6.07) is 8.43. The molecule has 0 bridgehead atoms. The second-order valence-corrected chi connectivity index (χ2v) is 12.7.